The van der Waals surface area contributed by atoms with Gasteiger partial charge in [0.05, 0.1) is 12.5 Å². The molecule has 0 unspecified atom stereocenters. The van der Waals surface area contributed by atoms with Crippen LogP contribution in [0.5, 0.6) is 5.75 Å². The molecule has 0 amide bonds. The summed E-state index contributed by atoms with van der Waals surface area (Å²) in [4.78, 5) is 12.4. The molecule has 0 radical (unpaired) electrons. The predicted octanol–water partition coefficient (Wildman–Crippen LogP) is 7.23. The molecule has 5 aromatic rings. The van der Waals surface area contributed by atoms with Gasteiger partial charge in [0, 0.05) is 24.0 Å². The van der Waals surface area contributed by atoms with Gasteiger partial charge < -0.3 is 9.64 Å². The van der Waals surface area contributed by atoms with E-state index in [1.807, 2.05) is 24.3 Å². The van der Waals surface area contributed by atoms with Crippen LogP contribution in [0.1, 0.15) is 11.1 Å². The van der Waals surface area contributed by atoms with Crippen LogP contribution in [0.25, 0.3) is 21.3 Å². The molecule has 4 nitrogen and oxygen atoms in total. The van der Waals surface area contributed by atoms with Gasteiger partial charge in [-0.2, -0.15) is 4.98 Å². The molecule has 2 aromatic heterocycles. The first-order valence-corrected chi connectivity index (χ1v) is 11.9. The molecule has 0 saturated heterocycles. The van der Waals surface area contributed by atoms with Gasteiger partial charge in [-0.1, -0.05) is 72.8 Å². The lowest BCUT2D eigenvalue weighted by Gasteiger charge is -2.25. The van der Waals surface area contributed by atoms with Gasteiger partial charge in [0.2, 0.25) is 5.28 Å². The van der Waals surface area contributed by atoms with E-state index in [4.69, 9.17) is 21.3 Å². The molecule has 164 valence electrons. The van der Waals surface area contributed by atoms with Crippen molar-refractivity contribution in [1.29, 1.82) is 0 Å². The Hall–Kier alpha value is -3.41. The molecule has 0 aliphatic rings. The van der Waals surface area contributed by atoms with Crippen LogP contribution >= 0.6 is 22.9 Å². The number of rotatable bonds is 7. The molecule has 3 aromatic carbocycles. The van der Waals surface area contributed by atoms with E-state index in [9.17, 15) is 0 Å². The van der Waals surface area contributed by atoms with Crippen LogP contribution in [-0.4, -0.2) is 17.1 Å². The topological polar surface area (TPSA) is 38.3 Å². The minimum absolute atomic E-state index is 0.256. The average molecular weight is 472 g/mol. The van der Waals surface area contributed by atoms with E-state index < -0.39 is 0 Å². The summed E-state index contributed by atoms with van der Waals surface area (Å²) >= 11 is 7.99. The lowest BCUT2D eigenvalue weighted by molar-refractivity contribution is 0.415. The summed E-state index contributed by atoms with van der Waals surface area (Å²) in [6.45, 7) is 1.41. The Kier molecular flexibility index (Phi) is 6.24. The second kappa shape index (κ2) is 9.61. The van der Waals surface area contributed by atoms with Crippen LogP contribution in [-0.2, 0) is 13.1 Å². The molecule has 0 aliphatic heterocycles. The van der Waals surface area contributed by atoms with Gasteiger partial charge in [-0.25, -0.2) is 4.98 Å². The third kappa shape index (κ3) is 4.70. The number of anilines is 1. The lowest BCUT2D eigenvalue weighted by Crippen LogP contribution is -2.23. The van der Waals surface area contributed by atoms with Gasteiger partial charge >= 0.3 is 0 Å². The zero-order valence-corrected chi connectivity index (χ0v) is 19.7. The summed E-state index contributed by atoms with van der Waals surface area (Å²) < 4.78 is 5.34. The van der Waals surface area contributed by atoms with E-state index in [1.54, 1.807) is 18.4 Å². The largest absolute Gasteiger partial charge is 0.497 e. The fourth-order valence-electron chi connectivity index (χ4n) is 3.92. The maximum Gasteiger partial charge on any atom is 0.225 e. The van der Waals surface area contributed by atoms with E-state index in [1.165, 1.54) is 11.1 Å². The number of benzene rings is 3. The third-order valence-corrected chi connectivity index (χ3v) is 6.56. The van der Waals surface area contributed by atoms with Gasteiger partial charge in [0.15, 0.2) is 0 Å². The van der Waals surface area contributed by atoms with E-state index in [0.717, 1.165) is 32.9 Å². The highest BCUT2D eigenvalue weighted by Gasteiger charge is 2.20. The zero-order valence-electron chi connectivity index (χ0n) is 18.1. The Morgan fingerprint density at radius 2 is 1.42 bits per heavy atom. The monoisotopic (exact) mass is 471 g/mol. The van der Waals surface area contributed by atoms with Crippen LogP contribution in [0.3, 0.4) is 0 Å². The summed E-state index contributed by atoms with van der Waals surface area (Å²) in [6.07, 6.45) is 0. The summed E-state index contributed by atoms with van der Waals surface area (Å²) in [5.41, 5.74) is 4.60. The molecule has 0 aliphatic carbocycles. The molecular weight excluding hydrogens is 450 g/mol. The number of nitrogens with zero attached hydrogens (tertiary/aromatic N) is 3. The Morgan fingerprint density at radius 3 is 2.00 bits per heavy atom. The standard InChI is InChI=1S/C27H22ClN3OS/c1-32-22-14-12-21(13-15-22)23-18-33-26-24(23)25(29-27(28)30-26)31(16-19-8-4-2-5-9-19)17-20-10-6-3-7-11-20/h2-15,18H,16-17H2,1H3. The SMILES string of the molecule is COc1ccc(-c2csc3nc(Cl)nc(N(Cc4ccccc4)Cc4ccccc4)c23)cc1. The molecule has 2 heterocycles. The van der Waals surface area contributed by atoms with Crippen molar-refractivity contribution in [1.82, 2.24) is 9.97 Å². The van der Waals surface area contributed by atoms with Crippen molar-refractivity contribution in [2.45, 2.75) is 13.1 Å². The first kappa shape index (κ1) is 21.4. The quantitative estimate of drug-likeness (QED) is 0.235. The Balaban J connectivity index is 1.65. The Labute approximate surface area is 202 Å². The van der Waals surface area contributed by atoms with Crippen molar-refractivity contribution < 1.29 is 4.74 Å². The number of hydrogen-bond acceptors (Lipinski definition) is 5. The molecule has 0 spiro atoms. The highest BCUT2D eigenvalue weighted by molar-refractivity contribution is 7.17. The normalized spacial score (nSPS) is 11.0. The number of fused-ring (bicyclic) bond motifs is 1. The van der Waals surface area contributed by atoms with Crippen molar-refractivity contribution in [2.24, 2.45) is 0 Å². The van der Waals surface area contributed by atoms with Crippen LogP contribution in [0.15, 0.2) is 90.3 Å². The van der Waals surface area contributed by atoms with Crippen molar-refractivity contribution in [2.75, 3.05) is 12.0 Å². The second-order valence-corrected chi connectivity index (χ2v) is 8.90. The number of methoxy groups -OCH3 is 1. The van der Waals surface area contributed by atoms with Gasteiger partial charge in [-0.05, 0) is 40.4 Å². The molecule has 0 N–H and O–H groups in total. The molecule has 0 saturated carbocycles. The summed E-state index contributed by atoms with van der Waals surface area (Å²) in [5, 5.41) is 3.40. The smallest absolute Gasteiger partial charge is 0.225 e. The minimum Gasteiger partial charge on any atom is -0.497 e. The van der Waals surface area contributed by atoms with Crippen LogP contribution in [0.4, 0.5) is 5.82 Å². The van der Waals surface area contributed by atoms with Crippen molar-refractivity contribution >= 4 is 39.0 Å². The molecule has 5 rings (SSSR count). The Morgan fingerprint density at radius 1 is 0.818 bits per heavy atom. The van der Waals surface area contributed by atoms with E-state index >= 15 is 0 Å². The number of halogens is 1. The van der Waals surface area contributed by atoms with Gasteiger partial charge in [-0.3, -0.25) is 0 Å². The number of ether oxygens (including phenoxy) is 1. The lowest BCUT2D eigenvalue weighted by atomic mass is 10.1. The maximum absolute atomic E-state index is 6.41. The number of thiophene rings is 1. The molecular formula is C27H22ClN3OS. The molecule has 0 atom stereocenters. The summed E-state index contributed by atoms with van der Waals surface area (Å²) in [7, 11) is 1.67. The van der Waals surface area contributed by atoms with Crippen LogP contribution in [0, 0.1) is 0 Å². The molecule has 6 heteroatoms. The summed E-state index contributed by atoms with van der Waals surface area (Å²) in [5.74, 6) is 1.66. The molecule has 33 heavy (non-hydrogen) atoms. The van der Waals surface area contributed by atoms with Crippen molar-refractivity contribution in [3.63, 3.8) is 0 Å². The third-order valence-electron chi connectivity index (χ3n) is 5.52. The number of aromatic nitrogens is 2. The number of hydrogen-bond donors (Lipinski definition) is 0. The molecule has 0 bridgehead atoms. The van der Waals surface area contributed by atoms with Gasteiger partial charge in [0.25, 0.3) is 0 Å². The van der Waals surface area contributed by atoms with Gasteiger partial charge in [0.1, 0.15) is 16.4 Å². The second-order valence-electron chi connectivity index (χ2n) is 7.70. The van der Waals surface area contributed by atoms with E-state index in [-0.39, 0.29) is 5.28 Å². The van der Waals surface area contributed by atoms with Crippen LogP contribution < -0.4 is 9.64 Å². The van der Waals surface area contributed by atoms with E-state index in [0.29, 0.717) is 13.1 Å². The molecule has 0 fully saturated rings. The van der Waals surface area contributed by atoms with Crippen molar-refractivity contribution in [3.8, 4) is 16.9 Å². The predicted molar refractivity (Wildman–Crippen MR) is 137 cm³/mol. The minimum atomic E-state index is 0.256. The average Bonchev–Trinajstić information content (AvgIpc) is 3.28. The van der Waals surface area contributed by atoms with E-state index in [2.05, 4.69) is 75.9 Å². The highest BCUT2D eigenvalue weighted by Crippen LogP contribution is 2.40. The fraction of sp³-hybridized carbons (Fsp3) is 0.111. The van der Waals surface area contributed by atoms with Crippen molar-refractivity contribution in [3.05, 3.63) is 107 Å². The highest BCUT2D eigenvalue weighted by atomic mass is 35.5. The first-order valence-electron chi connectivity index (χ1n) is 10.6. The first-order chi connectivity index (χ1) is 16.2. The maximum atomic E-state index is 6.41. The van der Waals surface area contributed by atoms with Crippen LogP contribution in [0.2, 0.25) is 5.28 Å². The zero-order chi connectivity index (χ0) is 22.6. The summed E-state index contributed by atoms with van der Waals surface area (Å²) in [6, 6.07) is 28.9. The fourth-order valence-corrected chi connectivity index (χ4v) is 5.08. The van der Waals surface area contributed by atoms with Gasteiger partial charge in [-0.15, -0.1) is 11.3 Å². The Bertz CT molecular complexity index is 1310.